The molecule has 1 rings (SSSR count). The molecule has 0 radical (unpaired) electrons. The number of hydrogen-bond acceptors (Lipinski definition) is 0. The Hall–Kier alpha value is -0.526. The molecule has 0 aliphatic rings. The zero-order valence-electron chi connectivity index (χ0n) is 13.5. The standard InChI is InChI=1S/C5H7.C4H4N.2C4H9.Ti/c1-3-5-4-2;1-2-4-5-3-1;2*1-4(2)3;/h1,3-5H,2H3;1-3,5H;2*1-3H3;. The molecule has 0 amide bonds. The molecule has 0 saturated carbocycles. The molecule has 106 valence electrons. The Morgan fingerprint density at radius 1 is 1.00 bits per heavy atom. The monoisotopic (exact) mass is 295 g/mol. The van der Waals surface area contributed by atoms with Crippen molar-refractivity contribution in [2.24, 2.45) is 0 Å². The Bertz CT molecular complexity index is 425. The first-order valence-corrected chi connectivity index (χ1v) is 10.4. The van der Waals surface area contributed by atoms with Crippen LogP contribution in [0.5, 0.6) is 0 Å². The van der Waals surface area contributed by atoms with Gasteiger partial charge >= 0.3 is 122 Å². The van der Waals surface area contributed by atoms with Crippen molar-refractivity contribution in [3.05, 3.63) is 40.9 Å². The van der Waals surface area contributed by atoms with Crippen LogP contribution in [-0.4, -0.2) is 4.98 Å². The molecule has 1 N–H and O–H groups in total. The van der Waals surface area contributed by atoms with E-state index in [9.17, 15) is 0 Å². The first kappa shape index (κ1) is 16.5. The molecule has 0 spiro atoms. The van der Waals surface area contributed by atoms with Crippen LogP contribution in [-0.2, 0) is 16.6 Å². The van der Waals surface area contributed by atoms with E-state index in [0.29, 0.717) is 7.44 Å². The van der Waals surface area contributed by atoms with Gasteiger partial charge in [0.25, 0.3) is 0 Å². The van der Waals surface area contributed by atoms with Crippen molar-refractivity contribution in [2.45, 2.75) is 55.9 Å². The number of aromatic nitrogens is 1. The minimum atomic E-state index is -2.48. The van der Waals surface area contributed by atoms with Crippen molar-refractivity contribution in [2.75, 3.05) is 0 Å². The van der Waals surface area contributed by atoms with E-state index in [4.69, 9.17) is 0 Å². The summed E-state index contributed by atoms with van der Waals surface area (Å²) in [6, 6.07) is 4.42. The number of allylic oxidation sites excluding steroid dienone is 3. The normalized spacial score (nSPS) is 14.7. The van der Waals surface area contributed by atoms with Crippen molar-refractivity contribution in [3.63, 3.8) is 0 Å². The predicted octanol–water partition coefficient (Wildman–Crippen LogP) is 5.32. The minimum absolute atomic E-state index is 0.307. The van der Waals surface area contributed by atoms with Crippen molar-refractivity contribution >= 4 is 4.00 Å². The second kappa shape index (κ2) is 5.85. The third-order valence-corrected chi connectivity index (χ3v) is 14.3. The van der Waals surface area contributed by atoms with E-state index in [2.05, 4.69) is 94.4 Å². The number of hydrogen-bond donors (Lipinski definition) is 1. The molecule has 1 aromatic heterocycles. The van der Waals surface area contributed by atoms with Gasteiger partial charge in [-0.1, -0.05) is 0 Å². The molecule has 0 bridgehead atoms. The topological polar surface area (TPSA) is 15.8 Å². The molecule has 1 aromatic rings. The molecule has 1 nitrogen and oxygen atoms in total. The molecule has 0 fully saturated rings. The van der Waals surface area contributed by atoms with Gasteiger partial charge in [-0.3, -0.25) is 0 Å². The van der Waals surface area contributed by atoms with Crippen molar-refractivity contribution in [1.29, 1.82) is 0 Å². The molecule has 0 aliphatic heterocycles. The van der Waals surface area contributed by atoms with Gasteiger partial charge in [0.15, 0.2) is 0 Å². The van der Waals surface area contributed by atoms with Gasteiger partial charge in [0, 0.05) is 0 Å². The first-order valence-electron chi connectivity index (χ1n) is 7.11. The number of nitrogens with one attached hydrogen (secondary N) is 1. The summed E-state index contributed by atoms with van der Waals surface area (Å²) in [5, 5.41) is 0. The van der Waals surface area contributed by atoms with Crippen LogP contribution in [0.25, 0.3) is 0 Å². The molecule has 0 unspecified atom stereocenters. The molecule has 2 heteroatoms. The summed E-state index contributed by atoms with van der Waals surface area (Å²) in [4.78, 5) is 3.53. The Labute approximate surface area is 122 Å². The molecule has 0 aliphatic carbocycles. The van der Waals surface area contributed by atoms with Crippen LogP contribution in [0, 0.1) is 0 Å². The number of H-pyrrole nitrogens is 1. The van der Waals surface area contributed by atoms with Gasteiger partial charge in [0.2, 0.25) is 0 Å². The molecular weight excluding hydrogens is 266 g/mol. The fraction of sp³-hybridized carbons (Fsp3) is 0.529. The van der Waals surface area contributed by atoms with Gasteiger partial charge in [0.1, 0.15) is 0 Å². The van der Waals surface area contributed by atoms with Crippen molar-refractivity contribution < 1.29 is 16.6 Å². The fourth-order valence-corrected chi connectivity index (χ4v) is 13.0. The van der Waals surface area contributed by atoms with E-state index in [-0.39, 0.29) is 0 Å². The summed E-state index contributed by atoms with van der Waals surface area (Å²) in [6.07, 6.45) is 8.58. The summed E-state index contributed by atoms with van der Waals surface area (Å²) in [7, 11) is 0. The van der Waals surface area contributed by atoms with Gasteiger partial charge in [0.05, 0.1) is 0 Å². The van der Waals surface area contributed by atoms with E-state index >= 15 is 0 Å². The number of rotatable bonds is 3. The van der Waals surface area contributed by atoms with Gasteiger partial charge in [-0.2, -0.15) is 0 Å². The van der Waals surface area contributed by atoms with Crippen LogP contribution in [0.15, 0.2) is 40.9 Å². The summed E-state index contributed by atoms with van der Waals surface area (Å²) in [5.74, 6) is 0. The zero-order valence-corrected chi connectivity index (χ0v) is 15.1. The van der Waals surface area contributed by atoms with Gasteiger partial charge in [-0.15, -0.1) is 0 Å². The van der Waals surface area contributed by atoms with Crippen LogP contribution < -0.4 is 4.00 Å². The SMILES string of the molecule is CC=CC=[CH][Ti]([c]1ccc[nH]1)([C](C)(C)C)[C](C)(C)C. The molecule has 1 heterocycles. The van der Waals surface area contributed by atoms with Crippen LogP contribution in [0.4, 0.5) is 0 Å². The predicted molar refractivity (Wildman–Crippen MR) is 83.8 cm³/mol. The van der Waals surface area contributed by atoms with Crippen molar-refractivity contribution in [3.8, 4) is 0 Å². The Morgan fingerprint density at radius 3 is 1.95 bits per heavy atom. The van der Waals surface area contributed by atoms with E-state index in [1.54, 1.807) is 0 Å². The third-order valence-electron chi connectivity index (χ3n) is 4.04. The molecular formula is C17H29NTi. The molecule has 19 heavy (non-hydrogen) atoms. The van der Waals surface area contributed by atoms with Crippen LogP contribution in [0.1, 0.15) is 48.5 Å². The van der Waals surface area contributed by atoms with E-state index in [1.807, 2.05) is 0 Å². The maximum absolute atomic E-state index is 3.53. The number of aromatic amines is 1. The van der Waals surface area contributed by atoms with Gasteiger partial charge in [-0.05, 0) is 0 Å². The van der Waals surface area contributed by atoms with Crippen LogP contribution >= 0.6 is 0 Å². The quantitative estimate of drug-likeness (QED) is 0.573. The Morgan fingerprint density at radius 2 is 1.58 bits per heavy atom. The Kier molecular flexibility index (Phi) is 5.09. The molecule has 0 saturated heterocycles. The van der Waals surface area contributed by atoms with E-state index in [1.165, 1.54) is 4.00 Å². The first-order chi connectivity index (χ1) is 8.67. The average Bonchev–Trinajstić information content (AvgIpc) is 2.74. The van der Waals surface area contributed by atoms with Crippen LogP contribution in [0.3, 0.4) is 0 Å². The van der Waals surface area contributed by atoms with E-state index < -0.39 is 16.6 Å². The average molecular weight is 295 g/mol. The van der Waals surface area contributed by atoms with Crippen LogP contribution in [0.2, 0.25) is 7.44 Å². The van der Waals surface area contributed by atoms with Gasteiger partial charge < -0.3 is 0 Å². The maximum atomic E-state index is 3.53. The van der Waals surface area contributed by atoms with Gasteiger partial charge in [-0.25, -0.2) is 0 Å². The molecule has 0 atom stereocenters. The second-order valence-corrected chi connectivity index (χ2v) is 15.8. The van der Waals surface area contributed by atoms with Crippen molar-refractivity contribution in [1.82, 2.24) is 4.98 Å². The second-order valence-electron chi connectivity index (χ2n) is 7.28. The summed E-state index contributed by atoms with van der Waals surface area (Å²) >= 11 is -2.48. The fourth-order valence-electron chi connectivity index (χ4n) is 3.41. The Balaban J connectivity index is 3.53. The third kappa shape index (κ3) is 3.15. The van der Waals surface area contributed by atoms with E-state index in [0.717, 1.165) is 0 Å². The summed E-state index contributed by atoms with van der Waals surface area (Å²) < 4.78 is 4.63. The zero-order chi connectivity index (χ0) is 14.7. The summed E-state index contributed by atoms with van der Waals surface area (Å²) in [5.41, 5.74) is 0. The summed E-state index contributed by atoms with van der Waals surface area (Å²) in [6.45, 7) is 16.5. The molecule has 0 aromatic carbocycles.